The SMILES string of the molecule is Cc1nn(Cc2ccccc2)c(C)c1C(=O)NCC1CCN(CC(F)(F)F)C1. The first-order valence-corrected chi connectivity index (χ1v) is 9.38. The molecule has 1 aromatic heterocycles. The molecule has 8 heteroatoms. The van der Waals surface area contributed by atoms with E-state index >= 15 is 0 Å². The van der Waals surface area contributed by atoms with Gasteiger partial charge in [0, 0.05) is 18.8 Å². The minimum absolute atomic E-state index is 0.0336. The van der Waals surface area contributed by atoms with E-state index in [-0.39, 0.29) is 11.8 Å². The van der Waals surface area contributed by atoms with Gasteiger partial charge in [-0.05, 0) is 38.3 Å². The second-order valence-corrected chi connectivity index (χ2v) is 7.40. The van der Waals surface area contributed by atoms with Crippen molar-refractivity contribution in [3.8, 4) is 0 Å². The summed E-state index contributed by atoms with van der Waals surface area (Å²) in [7, 11) is 0. The zero-order valence-corrected chi connectivity index (χ0v) is 16.1. The molecule has 5 nitrogen and oxygen atoms in total. The number of alkyl halides is 3. The summed E-state index contributed by atoms with van der Waals surface area (Å²) in [6.45, 7) is 4.48. The average Bonchev–Trinajstić information content (AvgIpc) is 3.16. The molecule has 28 heavy (non-hydrogen) atoms. The lowest BCUT2D eigenvalue weighted by Crippen LogP contribution is -2.35. The van der Waals surface area contributed by atoms with Crippen molar-refractivity contribution in [3.05, 3.63) is 52.8 Å². The molecule has 1 saturated heterocycles. The van der Waals surface area contributed by atoms with Gasteiger partial charge in [0.25, 0.3) is 5.91 Å². The van der Waals surface area contributed by atoms with Gasteiger partial charge in [0.05, 0.1) is 24.3 Å². The second kappa shape index (κ2) is 8.34. The van der Waals surface area contributed by atoms with Gasteiger partial charge in [-0.2, -0.15) is 18.3 Å². The van der Waals surface area contributed by atoms with Crippen LogP contribution in [-0.2, 0) is 6.54 Å². The largest absolute Gasteiger partial charge is 0.401 e. The summed E-state index contributed by atoms with van der Waals surface area (Å²) < 4.78 is 39.3. The number of nitrogens with zero attached hydrogens (tertiary/aromatic N) is 3. The van der Waals surface area contributed by atoms with Crippen LogP contribution in [0.5, 0.6) is 0 Å². The topological polar surface area (TPSA) is 50.2 Å². The zero-order chi connectivity index (χ0) is 20.3. The van der Waals surface area contributed by atoms with Crippen LogP contribution in [0, 0.1) is 19.8 Å². The molecule has 2 heterocycles. The number of halogens is 3. The highest BCUT2D eigenvalue weighted by atomic mass is 19.4. The lowest BCUT2D eigenvalue weighted by atomic mass is 10.1. The number of aryl methyl sites for hydroxylation is 1. The van der Waals surface area contributed by atoms with Crippen molar-refractivity contribution in [2.75, 3.05) is 26.2 Å². The summed E-state index contributed by atoms with van der Waals surface area (Å²) in [6.07, 6.45) is -3.53. The molecule has 0 bridgehead atoms. The Kier molecular flexibility index (Phi) is 6.07. The van der Waals surface area contributed by atoms with E-state index in [2.05, 4.69) is 10.4 Å². The molecule has 1 amide bonds. The van der Waals surface area contributed by atoms with Crippen molar-refractivity contribution >= 4 is 5.91 Å². The molecular formula is C20H25F3N4O. The van der Waals surface area contributed by atoms with Crippen molar-refractivity contribution in [2.24, 2.45) is 5.92 Å². The Morgan fingerprint density at radius 1 is 1.25 bits per heavy atom. The van der Waals surface area contributed by atoms with Crippen LogP contribution in [0.1, 0.15) is 33.7 Å². The van der Waals surface area contributed by atoms with E-state index in [4.69, 9.17) is 0 Å². The fraction of sp³-hybridized carbons (Fsp3) is 0.500. The summed E-state index contributed by atoms with van der Waals surface area (Å²) >= 11 is 0. The maximum Gasteiger partial charge on any atom is 0.401 e. The van der Waals surface area contributed by atoms with E-state index in [9.17, 15) is 18.0 Å². The number of likely N-dealkylation sites (tertiary alicyclic amines) is 1. The van der Waals surface area contributed by atoms with Crippen LogP contribution in [0.15, 0.2) is 30.3 Å². The maximum absolute atomic E-state index is 12.7. The Balaban J connectivity index is 1.58. The summed E-state index contributed by atoms with van der Waals surface area (Å²) in [6, 6.07) is 9.87. The fourth-order valence-electron chi connectivity index (χ4n) is 3.74. The highest BCUT2D eigenvalue weighted by molar-refractivity contribution is 5.96. The molecule has 0 saturated carbocycles. The van der Waals surface area contributed by atoms with E-state index in [1.54, 1.807) is 11.6 Å². The molecule has 0 radical (unpaired) electrons. The van der Waals surface area contributed by atoms with E-state index in [1.165, 1.54) is 4.90 Å². The predicted octanol–water partition coefficient (Wildman–Crippen LogP) is 3.16. The van der Waals surface area contributed by atoms with Gasteiger partial charge in [-0.25, -0.2) is 0 Å². The molecule has 152 valence electrons. The van der Waals surface area contributed by atoms with Gasteiger partial charge >= 0.3 is 6.18 Å². The minimum Gasteiger partial charge on any atom is -0.352 e. The van der Waals surface area contributed by atoms with E-state index in [1.807, 2.05) is 37.3 Å². The average molecular weight is 394 g/mol. The molecule has 1 aromatic carbocycles. The monoisotopic (exact) mass is 394 g/mol. The number of carbonyl (C=O) groups is 1. The van der Waals surface area contributed by atoms with Gasteiger partial charge in [0.1, 0.15) is 0 Å². The first-order chi connectivity index (χ1) is 13.2. The molecule has 1 aliphatic heterocycles. The van der Waals surface area contributed by atoms with Gasteiger partial charge < -0.3 is 5.32 Å². The van der Waals surface area contributed by atoms with Crippen molar-refractivity contribution < 1.29 is 18.0 Å². The fourth-order valence-corrected chi connectivity index (χ4v) is 3.74. The molecule has 1 aliphatic rings. The quantitative estimate of drug-likeness (QED) is 0.819. The molecular weight excluding hydrogens is 369 g/mol. The smallest absolute Gasteiger partial charge is 0.352 e. The highest BCUT2D eigenvalue weighted by Crippen LogP contribution is 2.22. The molecule has 0 aliphatic carbocycles. The summed E-state index contributed by atoms with van der Waals surface area (Å²) in [5, 5.41) is 7.36. The Labute approximate surface area is 162 Å². The third kappa shape index (κ3) is 5.13. The van der Waals surface area contributed by atoms with Crippen LogP contribution in [-0.4, -0.2) is 52.9 Å². The van der Waals surface area contributed by atoms with Gasteiger partial charge in [0.15, 0.2) is 0 Å². The van der Waals surface area contributed by atoms with Crippen molar-refractivity contribution in [3.63, 3.8) is 0 Å². The van der Waals surface area contributed by atoms with Crippen molar-refractivity contribution in [2.45, 2.75) is 33.0 Å². The molecule has 1 N–H and O–H groups in total. The molecule has 3 rings (SSSR count). The number of rotatable bonds is 6. The van der Waals surface area contributed by atoms with Gasteiger partial charge in [-0.15, -0.1) is 0 Å². The summed E-state index contributed by atoms with van der Waals surface area (Å²) in [5.41, 5.74) is 3.07. The third-order valence-electron chi connectivity index (χ3n) is 5.11. The van der Waals surface area contributed by atoms with Crippen molar-refractivity contribution in [1.82, 2.24) is 20.0 Å². The lowest BCUT2D eigenvalue weighted by molar-refractivity contribution is -0.143. The van der Waals surface area contributed by atoms with Crippen LogP contribution in [0.2, 0.25) is 0 Å². The Morgan fingerprint density at radius 3 is 2.64 bits per heavy atom. The van der Waals surface area contributed by atoms with E-state index < -0.39 is 12.7 Å². The van der Waals surface area contributed by atoms with Crippen LogP contribution >= 0.6 is 0 Å². The molecule has 1 fully saturated rings. The van der Waals surface area contributed by atoms with Gasteiger partial charge in [0.2, 0.25) is 0 Å². The molecule has 2 aromatic rings. The van der Waals surface area contributed by atoms with Crippen LogP contribution in [0.25, 0.3) is 0 Å². The number of hydrogen-bond acceptors (Lipinski definition) is 3. The minimum atomic E-state index is -4.18. The first kappa shape index (κ1) is 20.4. The Morgan fingerprint density at radius 2 is 1.96 bits per heavy atom. The molecule has 1 atom stereocenters. The maximum atomic E-state index is 12.7. The van der Waals surface area contributed by atoms with Gasteiger partial charge in [-0.3, -0.25) is 14.4 Å². The number of carbonyl (C=O) groups excluding carboxylic acids is 1. The predicted molar refractivity (Wildman–Crippen MR) is 100 cm³/mol. The van der Waals surface area contributed by atoms with Gasteiger partial charge in [-0.1, -0.05) is 30.3 Å². The Hall–Kier alpha value is -2.35. The van der Waals surface area contributed by atoms with E-state index in [0.29, 0.717) is 43.9 Å². The normalized spacial score (nSPS) is 17.8. The van der Waals surface area contributed by atoms with Crippen LogP contribution in [0.3, 0.4) is 0 Å². The highest BCUT2D eigenvalue weighted by Gasteiger charge is 2.34. The zero-order valence-electron chi connectivity index (χ0n) is 16.1. The molecule has 1 unspecified atom stereocenters. The Bertz CT molecular complexity index is 817. The van der Waals surface area contributed by atoms with Crippen LogP contribution < -0.4 is 5.32 Å². The summed E-state index contributed by atoms with van der Waals surface area (Å²) in [5.74, 6) is -0.185. The second-order valence-electron chi connectivity index (χ2n) is 7.40. The van der Waals surface area contributed by atoms with E-state index in [0.717, 1.165) is 11.3 Å². The van der Waals surface area contributed by atoms with Crippen LogP contribution in [0.4, 0.5) is 13.2 Å². The van der Waals surface area contributed by atoms with Crippen molar-refractivity contribution in [1.29, 1.82) is 0 Å². The number of nitrogens with one attached hydrogen (secondary N) is 1. The number of hydrogen-bond donors (Lipinski definition) is 1. The number of benzene rings is 1. The number of aromatic nitrogens is 2. The standard InChI is InChI=1S/C20H25F3N4O/c1-14-18(15(2)27(25-14)12-16-6-4-3-5-7-16)19(28)24-10-17-8-9-26(11-17)13-20(21,22)23/h3-7,17H,8-13H2,1-2H3,(H,24,28). The number of amides is 1. The summed E-state index contributed by atoms with van der Waals surface area (Å²) in [4.78, 5) is 14.1. The third-order valence-corrected chi connectivity index (χ3v) is 5.11. The lowest BCUT2D eigenvalue weighted by Gasteiger charge is -2.18. The molecule has 0 spiro atoms. The first-order valence-electron chi connectivity index (χ1n) is 9.38.